The van der Waals surface area contributed by atoms with E-state index in [0.29, 0.717) is 23.8 Å². The number of nitrogens with zero attached hydrogens (tertiary/aromatic N) is 2. The summed E-state index contributed by atoms with van der Waals surface area (Å²) in [6, 6.07) is 8.38. The van der Waals surface area contributed by atoms with Gasteiger partial charge in [-0.3, -0.25) is 9.69 Å². The van der Waals surface area contributed by atoms with Gasteiger partial charge in [0.1, 0.15) is 5.75 Å². The Bertz CT molecular complexity index is 617. The van der Waals surface area contributed by atoms with Crippen molar-refractivity contribution in [2.24, 2.45) is 11.3 Å². The summed E-state index contributed by atoms with van der Waals surface area (Å²) in [5.74, 6) is 1.66. The third kappa shape index (κ3) is 3.74. The Morgan fingerprint density at radius 2 is 1.85 bits per heavy atom. The molecule has 5 heteroatoms. The molecule has 142 valence electrons. The first-order valence-corrected chi connectivity index (χ1v) is 10.1. The predicted molar refractivity (Wildman–Crippen MR) is 102 cm³/mol. The van der Waals surface area contributed by atoms with Crippen molar-refractivity contribution in [1.29, 1.82) is 0 Å². The largest absolute Gasteiger partial charge is 0.494 e. The van der Waals surface area contributed by atoms with E-state index in [4.69, 9.17) is 4.74 Å². The van der Waals surface area contributed by atoms with E-state index in [-0.39, 0.29) is 0 Å². The van der Waals surface area contributed by atoms with Gasteiger partial charge in [0.05, 0.1) is 6.61 Å². The van der Waals surface area contributed by atoms with Crippen molar-refractivity contribution >= 4 is 5.91 Å². The highest BCUT2D eigenvalue weighted by Crippen LogP contribution is 2.59. The third-order valence-electron chi connectivity index (χ3n) is 6.41. The molecule has 0 aromatic heterocycles. The molecule has 1 unspecified atom stereocenters. The van der Waals surface area contributed by atoms with E-state index in [1.54, 1.807) is 0 Å². The Morgan fingerprint density at radius 3 is 2.50 bits per heavy atom. The molecule has 1 aliphatic carbocycles. The van der Waals surface area contributed by atoms with Gasteiger partial charge in [-0.25, -0.2) is 0 Å². The fourth-order valence-electron chi connectivity index (χ4n) is 4.64. The number of ether oxygens (including phenoxy) is 1. The van der Waals surface area contributed by atoms with Gasteiger partial charge in [0.2, 0.25) is 5.91 Å². The lowest BCUT2D eigenvalue weighted by atomic mass is 9.91. The summed E-state index contributed by atoms with van der Waals surface area (Å²) in [4.78, 5) is 17.4. The van der Waals surface area contributed by atoms with Crippen molar-refractivity contribution in [3.63, 3.8) is 0 Å². The van der Waals surface area contributed by atoms with Crippen LogP contribution >= 0.6 is 0 Å². The van der Waals surface area contributed by atoms with Crippen molar-refractivity contribution in [2.45, 2.75) is 32.7 Å². The van der Waals surface area contributed by atoms with Gasteiger partial charge in [-0.2, -0.15) is 0 Å². The molecule has 26 heavy (non-hydrogen) atoms. The summed E-state index contributed by atoms with van der Waals surface area (Å²) in [5, 5.41) is 3.42. The fraction of sp³-hybridized carbons (Fsp3) is 0.667. The highest BCUT2D eigenvalue weighted by Gasteiger charge is 2.58. The first-order valence-electron chi connectivity index (χ1n) is 10.1. The zero-order valence-corrected chi connectivity index (χ0v) is 15.9. The summed E-state index contributed by atoms with van der Waals surface area (Å²) >= 11 is 0. The van der Waals surface area contributed by atoms with Crippen molar-refractivity contribution in [3.8, 4) is 5.75 Å². The van der Waals surface area contributed by atoms with Gasteiger partial charge in [0, 0.05) is 38.6 Å². The molecule has 1 aromatic rings. The van der Waals surface area contributed by atoms with E-state index in [1.165, 1.54) is 18.4 Å². The minimum absolute atomic E-state index is 0.308. The van der Waals surface area contributed by atoms with Crippen molar-refractivity contribution < 1.29 is 9.53 Å². The van der Waals surface area contributed by atoms with Crippen LogP contribution in [-0.4, -0.2) is 61.6 Å². The molecule has 2 saturated heterocycles. The lowest BCUT2D eigenvalue weighted by Crippen LogP contribution is -2.49. The number of carbonyl (C=O) groups is 1. The predicted octanol–water partition coefficient (Wildman–Crippen LogP) is 2.12. The second-order valence-electron chi connectivity index (χ2n) is 8.05. The van der Waals surface area contributed by atoms with Crippen LogP contribution in [0.5, 0.6) is 5.75 Å². The molecule has 2 heterocycles. The van der Waals surface area contributed by atoms with E-state index in [2.05, 4.69) is 27.2 Å². The lowest BCUT2D eigenvalue weighted by molar-refractivity contribution is -0.135. The maximum Gasteiger partial charge on any atom is 0.226 e. The number of hydrogen-bond donors (Lipinski definition) is 1. The average Bonchev–Trinajstić information content (AvgIpc) is 3.37. The number of hydrogen-bond acceptors (Lipinski definition) is 4. The molecule has 2 aliphatic heterocycles. The summed E-state index contributed by atoms with van der Waals surface area (Å²) in [7, 11) is 0. The molecule has 1 amide bonds. The van der Waals surface area contributed by atoms with E-state index in [9.17, 15) is 4.79 Å². The molecule has 4 rings (SSSR count). The van der Waals surface area contributed by atoms with Gasteiger partial charge in [-0.05, 0) is 62.4 Å². The molecule has 3 fully saturated rings. The maximum absolute atomic E-state index is 12.9. The summed E-state index contributed by atoms with van der Waals surface area (Å²) in [6.45, 7) is 9.52. The van der Waals surface area contributed by atoms with Gasteiger partial charge in [-0.1, -0.05) is 12.1 Å². The Balaban J connectivity index is 1.24. The summed E-state index contributed by atoms with van der Waals surface area (Å²) in [5.41, 5.74) is 1.66. The monoisotopic (exact) mass is 357 g/mol. The van der Waals surface area contributed by atoms with E-state index >= 15 is 0 Å². The zero-order valence-electron chi connectivity index (χ0n) is 15.9. The minimum Gasteiger partial charge on any atom is -0.494 e. The van der Waals surface area contributed by atoms with E-state index < -0.39 is 0 Å². The molecule has 5 nitrogen and oxygen atoms in total. The fourth-order valence-corrected chi connectivity index (χ4v) is 4.64. The topological polar surface area (TPSA) is 44.8 Å². The highest BCUT2D eigenvalue weighted by atomic mass is 16.5. The normalized spacial score (nSPS) is 25.3. The SMILES string of the molecule is CCOc1ccc(CN2CCN(C(=O)C3CC34CCNCC4)CC2)cc1. The van der Waals surface area contributed by atoms with Gasteiger partial charge in [0.15, 0.2) is 0 Å². The molecular weight excluding hydrogens is 326 g/mol. The quantitative estimate of drug-likeness (QED) is 0.877. The highest BCUT2D eigenvalue weighted by molar-refractivity contribution is 5.83. The molecule has 1 spiro atoms. The van der Waals surface area contributed by atoms with Gasteiger partial charge >= 0.3 is 0 Å². The van der Waals surface area contributed by atoms with Crippen LogP contribution < -0.4 is 10.1 Å². The zero-order chi connectivity index (χ0) is 18.0. The minimum atomic E-state index is 0.308. The number of benzene rings is 1. The van der Waals surface area contributed by atoms with Crippen LogP contribution in [0.15, 0.2) is 24.3 Å². The Hall–Kier alpha value is -1.59. The number of piperazine rings is 1. The number of nitrogens with one attached hydrogen (secondary N) is 1. The summed E-state index contributed by atoms with van der Waals surface area (Å²) < 4.78 is 5.51. The standard InChI is InChI=1S/C21H31N3O2/c1-2-26-18-5-3-17(4-6-18)16-23-11-13-24(14-12-23)20(25)19-15-21(19)7-9-22-10-8-21/h3-6,19,22H,2,7-16H2,1H3. The summed E-state index contributed by atoms with van der Waals surface area (Å²) in [6.07, 6.45) is 3.49. The smallest absolute Gasteiger partial charge is 0.226 e. The number of amides is 1. The first kappa shape index (κ1) is 17.8. The molecule has 1 N–H and O–H groups in total. The van der Waals surface area contributed by atoms with Gasteiger partial charge < -0.3 is 15.0 Å². The van der Waals surface area contributed by atoms with Crippen LogP contribution in [0.4, 0.5) is 0 Å². The lowest BCUT2D eigenvalue weighted by Gasteiger charge is -2.35. The van der Waals surface area contributed by atoms with Crippen LogP contribution in [-0.2, 0) is 11.3 Å². The molecule has 0 radical (unpaired) electrons. The molecule has 3 aliphatic rings. The van der Waals surface area contributed by atoms with E-state index in [0.717, 1.165) is 58.0 Å². The van der Waals surface area contributed by atoms with Gasteiger partial charge in [0.25, 0.3) is 0 Å². The van der Waals surface area contributed by atoms with Crippen LogP contribution in [0.1, 0.15) is 31.7 Å². The van der Waals surface area contributed by atoms with Crippen molar-refractivity contribution in [2.75, 3.05) is 45.9 Å². The molecule has 0 bridgehead atoms. The van der Waals surface area contributed by atoms with Crippen molar-refractivity contribution in [3.05, 3.63) is 29.8 Å². The Kier molecular flexibility index (Phi) is 5.18. The number of piperidine rings is 1. The maximum atomic E-state index is 12.9. The first-order chi connectivity index (χ1) is 12.7. The molecule has 1 saturated carbocycles. The van der Waals surface area contributed by atoms with E-state index in [1.807, 2.05) is 19.1 Å². The molecular formula is C21H31N3O2. The van der Waals surface area contributed by atoms with Crippen LogP contribution in [0.2, 0.25) is 0 Å². The van der Waals surface area contributed by atoms with Crippen molar-refractivity contribution in [1.82, 2.24) is 15.1 Å². The van der Waals surface area contributed by atoms with Crippen LogP contribution in [0, 0.1) is 11.3 Å². The van der Waals surface area contributed by atoms with Gasteiger partial charge in [-0.15, -0.1) is 0 Å². The number of carbonyl (C=O) groups excluding carboxylic acids is 1. The molecule has 1 atom stereocenters. The average molecular weight is 357 g/mol. The number of rotatable bonds is 5. The van der Waals surface area contributed by atoms with Crippen LogP contribution in [0.25, 0.3) is 0 Å². The third-order valence-corrected chi connectivity index (χ3v) is 6.41. The second-order valence-corrected chi connectivity index (χ2v) is 8.05. The Labute approximate surface area is 156 Å². The van der Waals surface area contributed by atoms with Crippen LogP contribution in [0.3, 0.4) is 0 Å². The molecule has 1 aromatic carbocycles. The second kappa shape index (κ2) is 7.57. The Morgan fingerprint density at radius 1 is 1.15 bits per heavy atom.